The van der Waals surface area contributed by atoms with Gasteiger partial charge in [0.15, 0.2) is 5.54 Å². The van der Waals surface area contributed by atoms with E-state index in [9.17, 15) is 15.0 Å². The number of carbonyl (C=O) groups is 1. The maximum absolute atomic E-state index is 11.5. The third-order valence-electron chi connectivity index (χ3n) is 2.77. The van der Waals surface area contributed by atoms with Crippen LogP contribution < -0.4 is 10.1 Å². The highest BCUT2D eigenvalue weighted by Crippen LogP contribution is 2.39. The number of carboxylic acid groups (broad SMARTS) is 1. The van der Waals surface area contributed by atoms with Crippen LogP contribution in [0.3, 0.4) is 0 Å². The second-order valence-corrected chi connectivity index (χ2v) is 4.48. The van der Waals surface area contributed by atoms with Gasteiger partial charge in [0, 0.05) is 17.7 Å². The molecule has 1 aromatic rings. The van der Waals surface area contributed by atoms with Crippen molar-refractivity contribution in [2.45, 2.75) is 25.4 Å². The number of fused-ring (bicyclic) bond motifs is 1. The fourth-order valence-corrected chi connectivity index (χ4v) is 2.10. The molecule has 0 aromatic heterocycles. The lowest BCUT2D eigenvalue weighted by Crippen LogP contribution is -2.53. The molecular weight excluding hydrogens is 222 g/mol. The number of hydrogen-bond acceptors (Lipinski definition) is 4. The third kappa shape index (κ3) is 1.82. The molecule has 0 saturated carbocycles. The largest absolute Gasteiger partial charge is 0.508 e. The molecule has 0 fully saturated rings. The Morgan fingerprint density at radius 2 is 2.24 bits per heavy atom. The van der Waals surface area contributed by atoms with Crippen LogP contribution in [0.4, 0.5) is 0 Å². The van der Waals surface area contributed by atoms with Gasteiger partial charge < -0.3 is 14.9 Å². The maximum atomic E-state index is 11.5. The van der Waals surface area contributed by atoms with Gasteiger partial charge in [0.2, 0.25) is 0 Å². The van der Waals surface area contributed by atoms with E-state index in [2.05, 4.69) is 5.32 Å². The molecule has 0 aliphatic carbocycles. The number of hydrogen-bond donors (Lipinski definition) is 3. The monoisotopic (exact) mass is 237 g/mol. The highest BCUT2D eigenvalue weighted by atomic mass is 16.5. The molecule has 1 aliphatic rings. The van der Waals surface area contributed by atoms with E-state index in [4.69, 9.17) is 4.74 Å². The Balaban J connectivity index is 2.49. The average molecular weight is 237 g/mol. The molecule has 1 heterocycles. The number of carboxylic acids is 1. The van der Waals surface area contributed by atoms with Crippen molar-refractivity contribution in [1.29, 1.82) is 0 Å². The first-order chi connectivity index (χ1) is 7.95. The fraction of sp³-hybridized carbons (Fsp3) is 0.417. The summed E-state index contributed by atoms with van der Waals surface area (Å²) in [5.41, 5.74) is -0.673. The average Bonchev–Trinajstić information content (AvgIpc) is 2.57. The van der Waals surface area contributed by atoms with E-state index < -0.39 is 11.5 Å². The van der Waals surface area contributed by atoms with Gasteiger partial charge in [-0.15, -0.1) is 0 Å². The summed E-state index contributed by atoms with van der Waals surface area (Å²) in [4.78, 5) is 11.5. The standard InChI is InChI=1S/C12H15NO4/c1-7(2)13-12(11(15)16)6-17-10-5-8(14)3-4-9(10)12/h3-5,7,13-14H,6H2,1-2H3,(H,15,16). The van der Waals surface area contributed by atoms with Crippen molar-refractivity contribution >= 4 is 5.97 Å². The molecule has 1 aliphatic heterocycles. The smallest absolute Gasteiger partial charge is 0.332 e. The van der Waals surface area contributed by atoms with Crippen molar-refractivity contribution < 1.29 is 19.7 Å². The number of ether oxygens (including phenoxy) is 1. The molecule has 3 N–H and O–H groups in total. The molecule has 2 rings (SSSR count). The Hall–Kier alpha value is -1.75. The number of aliphatic carboxylic acids is 1. The number of phenolic OH excluding ortho intramolecular Hbond substituents is 1. The Kier molecular flexibility index (Phi) is 2.71. The summed E-state index contributed by atoms with van der Waals surface area (Å²) in [6, 6.07) is 4.49. The molecule has 1 aromatic carbocycles. The first kappa shape index (κ1) is 11.7. The van der Waals surface area contributed by atoms with E-state index in [1.807, 2.05) is 13.8 Å². The third-order valence-corrected chi connectivity index (χ3v) is 2.77. The van der Waals surface area contributed by atoms with E-state index in [1.54, 1.807) is 6.07 Å². The molecule has 0 spiro atoms. The lowest BCUT2D eigenvalue weighted by atomic mass is 9.91. The zero-order chi connectivity index (χ0) is 12.6. The number of benzene rings is 1. The van der Waals surface area contributed by atoms with Crippen molar-refractivity contribution in [3.63, 3.8) is 0 Å². The fourth-order valence-electron chi connectivity index (χ4n) is 2.10. The molecule has 5 nitrogen and oxygen atoms in total. The minimum absolute atomic E-state index is 0.00875. The van der Waals surface area contributed by atoms with Crippen LogP contribution in [0.2, 0.25) is 0 Å². The van der Waals surface area contributed by atoms with Crippen LogP contribution in [0, 0.1) is 0 Å². The molecule has 0 amide bonds. The van der Waals surface area contributed by atoms with Gasteiger partial charge in [-0.25, -0.2) is 4.79 Å². The van der Waals surface area contributed by atoms with Crippen molar-refractivity contribution in [3.05, 3.63) is 23.8 Å². The van der Waals surface area contributed by atoms with Gasteiger partial charge in [0.1, 0.15) is 18.1 Å². The summed E-state index contributed by atoms with van der Waals surface area (Å²) in [5, 5.41) is 21.8. The first-order valence-electron chi connectivity index (χ1n) is 5.43. The van der Waals surface area contributed by atoms with E-state index in [0.717, 1.165) is 0 Å². The summed E-state index contributed by atoms with van der Waals surface area (Å²) in [7, 11) is 0. The molecule has 92 valence electrons. The maximum Gasteiger partial charge on any atom is 0.332 e. The second kappa shape index (κ2) is 3.92. The molecular formula is C12H15NO4. The van der Waals surface area contributed by atoms with Gasteiger partial charge in [-0.2, -0.15) is 0 Å². The summed E-state index contributed by atoms with van der Waals surface area (Å²) in [6.07, 6.45) is 0. The van der Waals surface area contributed by atoms with Gasteiger partial charge in [-0.3, -0.25) is 5.32 Å². The van der Waals surface area contributed by atoms with E-state index >= 15 is 0 Å². The second-order valence-electron chi connectivity index (χ2n) is 4.48. The van der Waals surface area contributed by atoms with Crippen molar-refractivity contribution in [2.75, 3.05) is 6.61 Å². The Morgan fingerprint density at radius 3 is 2.82 bits per heavy atom. The molecule has 0 bridgehead atoms. The summed E-state index contributed by atoms with van der Waals surface area (Å²) in [6.45, 7) is 3.78. The number of rotatable bonds is 3. The van der Waals surface area contributed by atoms with Gasteiger partial charge in [-0.05, 0) is 26.0 Å². The van der Waals surface area contributed by atoms with E-state index in [1.165, 1.54) is 12.1 Å². The minimum atomic E-state index is -1.23. The molecule has 0 radical (unpaired) electrons. The summed E-state index contributed by atoms with van der Waals surface area (Å²) in [5.74, 6) is -0.495. The molecule has 1 atom stereocenters. The highest BCUT2D eigenvalue weighted by molar-refractivity contribution is 5.83. The van der Waals surface area contributed by atoms with Crippen molar-refractivity contribution in [3.8, 4) is 11.5 Å². The van der Waals surface area contributed by atoms with E-state index in [0.29, 0.717) is 11.3 Å². The highest BCUT2D eigenvalue weighted by Gasteiger charge is 2.48. The quantitative estimate of drug-likeness (QED) is 0.732. The van der Waals surface area contributed by atoms with Gasteiger partial charge in [0.05, 0.1) is 0 Å². The Bertz CT molecular complexity index is 458. The zero-order valence-corrected chi connectivity index (χ0v) is 9.73. The van der Waals surface area contributed by atoms with Gasteiger partial charge >= 0.3 is 5.97 Å². The topological polar surface area (TPSA) is 78.8 Å². The summed E-state index contributed by atoms with van der Waals surface area (Å²) >= 11 is 0. The van der Waals surface area contributed by atoms with Crippen molar-refractivity contribution in [1.82, 2.24) is 5.32 Å². The molecule has 17 heavy (non-hydrogen) atoms. The van der Waals surface area contributed by atoms with Crippen molar-refractivity contribution in [2.24, 2.45) is 0 Å². The zero-order valence-electron chi connectivity index (χ0n) is 9.73. The molecule has 1 unspecified atom stereocenters. The van der Waals surface area contributed by atoms with Crippen LogP contribution in [0.15, 0.2) is 18.2 Å². The number of nitrogens with one attached hydrogen (secondary N) is 1. The van der Waals surface area contributed by atoms with Gasteiger partial charge in [0.25, 0.3) is 0 Å². The van der Waals surface area contributed by atoms with Crippen LogP contribution in [-0.4, -0.2) is 28.8 Å². The molecule has 5 heteroatoms. The van der Waals surface area contributed by atoms with Crippen LogP contribution in [-0.2, 0) is 10.3 Å². The lowest BCUT2D eigenvalue weighted by molar-refractivity contribution is -0.146. The Morgan fingerprint density at radius 1 is 1.53 bits per heavy atom. The number of phenols is 1. The number of aromatic hydroxyl groups is 1. The predicted molar refractivity (Wildman–Crippen MR) is 61.2 cm³/mol. The SMILES string of the molecule is CC(C)NC1(C(=O)O)COc2cc(O)ccc21. The van der Waals surface area contributed by atoms with Crippen LogP contribution in [0.5, 0.6) is 11.5 Å². The normalized spacial score (nSPS) is 22.3. The van der Waals surface area contributed by atoms with Crippen LogP contribution >= 0.6 is 0 Å². The van der Waals surface area contributed by atoms with E-state index in [-0.39, 0.29) is 18.4 Å². The Labute approximate surface area is 99.0 Å². The van der Waals surface area contributed by atoms with Gasteiger partial charge in [-0.1, -0.05) is 0 Å². The minimum Gasteiger partial charge on any atom is -0.508 e. The predicted octanol–water partition coefficient (Wildman–Crippen LogP) is 1.06. The van der Waals surface area contributed by atoms with Crippen LogP contribution in [0.25, 0.3) is 0 Å². The first-order valence-corrected chi connectivity index (χ1v) is 5.43. The summed E-state index contributed by atoms with van der Waals surface area (Å²) < 4.78 is 5.35. The molecule has 0 saturated heterocycles. The lowest BCUT2D eigenvalue weighted by Gasteiger charge is -2.27. The van der Waals surface area contributed by atoms with Crippen LogP contribution in [0.1, 0.15) is 19.4 Å².